The van der Waals surface area contributed by atoms with Crippen molar-refractivity contribution in [3.63, 3.8) is 0 Å². The topological polar surface area (TPSA) is 72.1 Å². The van der Waals surface area contributed by atoms with Crippen LogP contribution in [0.1, 0.15) is 51.3 Å². The van der Waals surface area contributed by atoms with Crippen LogP contribution in [0, 0.1) is 5.92 Å². The lowest BCUT2D eigenvalue weighted by Crippen LogP contribution is -2.31. The molecule has 1 aliphatic heterocycles. The van der Waals surface area contributed by atoms with Crippen molar-refractivity contribution in [3.8, 4) is 11.1 Å². The maximum atomic E-state index is 4.96. The van der Waals surface area contributed by atoms with Gasteiger partial charge in [-0.2, -0.15) is 10.2 Å². The van der Waals surface area contributed by atoms with Crippen LogP contribution >= 0.6 is 0 Å². The summed E-state index contributed by atoms with van der Waals surface area (Å²) in [6.45, 7) is 13.5. The Balaban J connectivity index is 1.52. The monoisotopic (exact) mass is 443 g/mol. The van der Waals surface area contributed by atoms with Crippen LogP contribution in [0.15, 0.2) is 49.4 Å². The zero-order chi connectivity index (χ0) is 22.9. The van der Waals surface area contributed by atoms with Crippen LogP contribution in [0.4, 0.5) is 5.82 Å². The first-order chi connectivity index (χ1) is 16.0. The van der Waals surface area contributed by atoms with Crippen LogP contribution in [0.5, 0.6) is 0 Å². The van der Waals surface area contributed by atoms with Gasteiger partial charge in [0, 0.05) is 47.7 Å². The number of fused-ring (bicyclic) bond motifs is 3. The third-order valence-corrected chi connectivity index (χ3v) is 6.75. The van der Waals surface area contributed by atoms with Crippen molar-refractivity contribution in [1.82, 2.24) is 29.7 Å². The van der Waals surface area contributed by atoms with E-state index < -0.39 is 0 Å². The van der Waals surface area contributed by atoms with Crippen molar-refractivity contribution < 1.29 is 0 Å². The molecule has 1 atom stereocenters. The summed E-state index contributed by atoms with van der Waals surface area (Å²) in [5.74, 6) is 1.85. The summed E-state index contributed by atoms with van der Waals surface area (Å²) in [5.41, 5.74) is 5.38. The van der Waals surface area contributed by atoms with Gasteiger partial charge in [-0.05, 0) is 57.8 Å². The number of hydrogen-bond acceptors (Lipinski definition) is 5. The van der Waals surface area contributed by atoms with Crippen molar-refractivity contribution in [1.29, 1.82) is 0 Å². The summed E-state index contributed by atoms with van der Waals surface area (Å²) >= 11 is 0. The van der Waals surface area contributed by atoms with Crippen LogP contribution in [0.25, 0.3) is 27.5 Å². The van der Waals surface area contributed by atoms with Gasteiger partial charge in [0.05, 0.1) is 22.6 Å². The second-order valence-electron chi connectivity index (χ2n) is 9.42. The fourth-order valence-corrected chi connectivity index (χ4v) is 4.62. The Hall–Kier alpha value is -3.19. The van der Waals surface area contributed by atoms with Gasteiger partial charge < -0.3 is 10.6 Å². The van der Waals surface area contributed by atoms with Crippen LogP contribution in [0.2, 0.25) is 0 Å². The van der Waals surface area contributed by atoms with Gasteiger partial charge in [-0.15, -0.1) is 6.58 Å². The van der Waals surface area contributed by atoms with Gasteiger partial charge in [0.15, 0.2) is 5.82 Å². The standard InChI is InChI=1S/C26H33N7/c1-5-18(4)23-7-6-20(14-28-23)21-12-24-25-22(15-30-32(24)16-21)26(31-33(25)17(2)3)29-13-19-8-10-27-11-9-19/h5-7,12,14-19,27H,1,8-11,13H2,2-4H3,(H,29,31). The molecule has 1 saturated heterocycles. The molecule has 0 amide bonds. The molecular formula is C26H33N7. The van der Waals surface area contributed by atoms with E-state index in [1.165, 1.54) is 12.8 Å². The highest BCUT2D eigenvalue weighted by molar-refractivity contribution is 6.00. The molecule has 172 valence electrons. The molecule has 1 fully saturated rings. The zero-order valence-corrected chi connectivity index (χ0v) is 19.8. The highest BCUT2D eigenvalue weighted by atomic mass is 15.3. The summed E-state index contributed by atoms with van der Waals surface area (Å²) in [5, 5.41) is 17.8. The molecule has 1 unspecified atom stereocenters. The predicted molar refractivity (Wildman–Crippen MR) is 135 cm³/mol. The van der Waals surface area contributed by atoms with E-state index in [9.17, 15) is 0 Å². The third-order valence-electron chi connectivity index (χ3n) is 6.75. The van der Waals surface area contributed by atoms with Gasteiger partial charge >= 0.3 is 0 Å². The number of rotatable bonds is 7. The van der Waals surface area contributed by atoms with E-state index in [-0.39, 0.29) is 12.0 Å². The molecule has 7 heteroatoms. The van der Waals surface area contributed by atoms with Gasteiger partial charge in [-0.25, -0.2) is 4.52 Å². The molecule has 0 aliphatic carbocycles. The average Bonchev–Trinajstić information content (AvgIpc) is 3.44. The number of nitrogens with zero attached hydrogens (tertiary/aromatic N) is 5. The van der Waals surface area contributed by atoms with Crippen LogP contribution in [0.3, 0.4) is 0 Å². The molecule has 0 radical (unpaired) electrons. The molecule has 0 aromatic carbocycles. The number of anilines is 1. The Morgan fingerprint density at radius 2 is 2.00 bits per heavy atom. The fourth-order valence-electron chi connectivity index (χ4n) is 4.62. The Morgan fingerprint density at radius 1 is 1.18 bits per heavy atom. The van der Waals surface area contributed by atoms with E-state index >= 15 is 0 Å². The molecule has 1 aliphatic rings. The van der Waals surface area contributed by atoms with E-state index in [2.05, 4.69) is 72.0 Å². The lowest BCUT2D eigenvalue weighted by Gasteiger charge is -2.22. The van der Waals surface area contributed by atoms with E-state index in [1.807, 2.05) is 23.0 Å². The van der Waals surface area contributed by atoms with E-state index in [0.29, 0.717) is 5.92 Å². The van der Waals surface area contributed by atoms with Gasteiger partial charge in [0.1, 0.15) is 0 Å². The highest BCUT2D eigenvalue weighted by Crippen LogP contribution is 2.32. The summed E-state index contributed by atoms with van der Waals surface area (Å²) < 4.78 is 4.07. The molecule has 33 heavy (non-hydrogen) atoms. The van der Waals surface area contributed by atoms with Gasteiger partial charge in [-0.1, -0.05) is 19.1 Å². The van der Waals surface area contributed by atoms with Crippen molar-refractivity contribution in [2.24, 2.45) is 5.92 Å². The first-order valence-electron chi connectivity index (χ1n) is 12.0. The number of allylic oxidation sites excluding steroid dienone is 1. The average molecular weight is 444 g/mol. The van der Waals surface area contributed by atoms with Crippen molar-refractivity contribution in [3.05, 3.63) is 55.1 Å². The number of piperidine rings is 1. The molecule has 0 bridgehead atoms. The van der Waals surface area contributed by atoms with E-state index in [1.54, 1.807) is 0 Å². The third kappa shape index (κ3) is 4.13. The quantitative estimate of drug-likeness (QED) is 0.392. The van der Waals surface area contributed by atoms with E-state index in [0.717, 1.165) is 58.7 Å². The lowest BCUT2D eigenvalue weighted by molar-refractivity contribution is 0.389. The molecule has 0 spiro atoms. The SMILES string of the molecule is C=CC(C)c1ccc(-c2cc3c4c(cnn3c2)c(NCC2CCNCC2)nn4C(C)C)cn1. The van der Waals surface area contributed by atoms with Crippen molar-refractivity contribution in [2.45, 2.75) is 45.6 Å². The molecule has 0 saturated carbocycles. The molecule has 4 aromatic heterocycles. The van der Waals surface area contributed by atoms with Crippen molar-refractivity contribution >= 4 is 22.2 Å². The maximum Gasteiger partial charge on any atom is 0.157 e. The second-order valence-corrected chi connectivity index (χ2v) is 9.42. The number of nitrogens with one attached hydrogen (secondary N) is 2. The maximum absolute atomic E-state index is 4.96. The van der Waals surface area contributed by atoms with Crippen LogP contribution in [-0.4, -0.2) is 44.0 Å². The minimum atomic E-state index is 0.240. The summed E-state index contributed by atoms with van der Waals surface area (Å²) in [7, 11) is 0. The van der Waals surface area contributed by atoms with Gasteiger partial charge in [0.25, 0.3) is 0 Å². The van der Waals surface area contributed by atoms with Crippen molar-refractivity contribution in [2.75, 3.05) is 25.0 Å². The Bertz CT molecular complexity index is 1260. The Labute approximate surface area is 194 Å². The number of pyridine rings is 1. The Kier molecular flexibility index (Phi) is 5.89. The molecular weight excluding hydrogens is 410 g/mol. The van der Waals surface area contributed by atoms with Gasteiger partial charge in [0.2, 0.25) is 0 Å². The minimum Gasteiger partial charge on any atom is -0.368 e. The second kappa shape index (κ2) is 8.98. The largest absolute Gasteiger partial charge is 0.368 e. The zero-order valence-electron chi connectivity index (χ0n) is 19.8. The highest BCUT2D eigenvalue weighted by Gasteiger charge is 2.19. The van der Waals surface area contributed by atoms with Crippen LogP contribution < -0.4 is 10.6 Å². The van der Waals surface area contributed by atoms with Gasteiger partial charge in [-0.3, -0.25) is 9.67 Å². The molecule has 5 heterocycles. The van der Waals surface area contributed by atoms with E-state index in [4.69, 9.17) is 10.2 Å². The Morgan fingerprint density at radius 3 is 2.70 bits per heavy atom. The summed E-state index contributed by atoms with van der Waals surface area (Å²) in [6.07, 6.45) is 10.3. The fraction of sp³-hybridized carbons (Fsp3) is 0.423. The van der Waals surface area contributed by atoms with Crippen LogP contribution in [-0.2, 0) is 0 Å². The molecule has 7 nitrogen and oxygen atoms in total. The molecule has 5 rings (SSSR count). The normalized spacial score (nSPS) is 16.0. The summed E-state index contributed by atoms with van der Waals surface area (Å²) in [6, 6.07) is 6.64. The first kappa shape index (κ1) is 21.6. The first-order valence-corrected chi connectivity index (χ1v) is 12.0. The smallest absolute Gasteiger partial charge is 0.157 e. The summed E-state index contributed by atoms with van der Waals surface area (Å²) in [4.78, 5) is 4.64. The number of hydrogen-bond donors (Lipinski definition) is 2. The lowest BCUT2D eigenvalue weighted by atomic mass is 9.98. The number of aromatic nitrogens is 5. The molecule has 2 N–H and O–H groups in total. The predicted octanol–water partition coefficient (Wildman–Crippen LogP) is 5.03. The molecule has 4 aromatic rings. The minimum absolute atomic E-state index is 0.240.